The van der Waals surface area contributed by atoms with E-state index in [0.29, 0.717) is 19.4 Å². The van der Waals surface area contributed by atoms with Crippen LogP contribution in [-0.2, 0) is 14.3 Å². The summed E-state index contributed by atoms with van der Waals surface area (Å²) >= 11 is 0. The molecule has 0 aliphatic carbocycles. The molecule has 0 spiro atoms. The molecule has 1 N–H and O–H groups in total. The molecule has 0 bridgehead atoms. The maximum absolute atomic E-state index is 10.7. The minimum Gasteiger partial charge on any atom is -0.469 e. The van der Waals surface area contributed by atoms with Crippen LogP contribution in [0.3, 0.4) is 0 Å². The van der Waals surface area contributed by atoms with Crippen LogP contribution in [0.1, 0.15) is 12.8 Å². The van der Waals surface area contributed by atoms with E-state index in [2.05, 4.69) is 10.1 Å². The molecular weight excluding hydrogens is 146 g/mol. The van der Waals surface area contributed by atoms with Crippen LogP contribution in [0.25, 0.3) is 0 Å². The van der Waals surface area contributed by atoms with Crippen LogP contribution < -0.4 is 5.32 Å². The summed E-state index contributed by atoms with van der Waals surface area (Å²) in [7, 11) is 1.35. The molecule has 4 heteroatoms. The summed E-state index contributed by atoms with van der Waals surface area (Å²) in [6.45, 7) is 0.605. The maximum atomic E-state index is 10.7. The molecule has 0 aromatic heterocycles. The van der Waals surface area contributed by atoms with Gasteiger partial charge >= 0.3 is 5.97 Å². The summed E-state index contributed by atoms with van der Waals surface area (Å²) in [5.74, 6) is -0.0830. The molecule has 4 nitrogen and oxygen atoms in total. The lowest BCUT2D eigenvalue weighted by Gasteiger charge is -2.03. The molecule has 1 atom stereocenters. The van der Waals surface area contributed by atoms with Crippen LogP contribution in [0.2, 0.25) is 0 Å². The van der Waals surface area contributed by atoms with E-state index in [9.17, 15) is 9.59 Å². The SMILES string of the molecule is COC(=O)C[C@H]1CNC(=O)C1. The third kappa shape index (κ3) is 2.22. The number of amides is 1. The minimum atomic E-state index is -0.244. The van der Waals surface area contributed by atoms with Gasteiger partial charge in [-0.15, -0.1) is 0 Å². The number of hydrogen-bond acceptors (Lipinski definition) is 3. The largest absolute Gasteiger partial charge is 0.469 e. The van der Waals surface area contributed by atoms with Crippen molar-refractivity contribution in [3.8, 4) is 0 Å². The molecule has 11 heavy (non-hydrogen) atoms. The van der Waals surface area contributed by atoms with Crippen LogP contribution >= 0.6 is 0 Å². The van der Waals surface area contributed by atoms with Crippen LogP contribution in [0.5, 0.6) is 0 Å². The van der Waals surface area contributed by atoms with Crippen LogP contribution in [0.15, 0.2) is 0 Å². The summed E-state index contributed by atoms with van der Waals surface area (Å²) in [6, 6.07) is 0. The molecule has 1 rings (SSSR count). The summed E-state index contributed by atoms with van der Waals surface area (Å²) in [4.78, 5) is 21.4. The highest BCUT2D eigenvalue weighted by Gasteiger charge is 2.23. The smallest absolute Gasteiger partial charge is 0.305 e. The molecule has 1 aliphatic rings. The first kappa shape index (κ1) is 8.04. The van der Waals surface area contributed by atoms with Crippen LogP contribution in [0.4, 0.5) is 0 Å². The Balaban J connectivity index is 2.28. The van der Waals surface area contributed by atoms with Crippen molar-refractivity contribution in [3.63, 3.8) is 0 Å². The van der Waals surface area contributed by atoms with Crippen molar-refractivity contribution >= 4 is 11.9 Å². The third-order valence-electron chi connectivity index (χ3n) is 1.74. The minimum absolute atomic E-state index is 0.0268. The molecule has 0 unspecified atom stereocenters. The highest BCUT2D eigenvalue weighted by Crippen LogP contribution is 2.13. The van der Waals surface area contributed by atoms with Gasteiger partial charge in [-0.2, -0.15) is 0 Å². The molecular formula is C7H11NO3. The lowest BCUT2D eigenvalue weighted by Crippen LogP contribution is -2.15. The van der Waals surface area contributed by atoms with Crippen LogP contribution in [-0.4, -0.2) is 25.5 Å². The molecule has 62 valence electrons. The Hall–Kier alpha value is -1.06. The Morgan fingerprint density at radius 3 is 3.00 bits per heavy atom. The molecule has 1 amide bonds. The number of ether oxygens (including phenoxy) is 1. The lowest BCUT2D eigenvalue weighted by atomic mass is 10.1. The van der Waals surface area contributed by atoms with Gasteiger partial charge in [0.15, 0.2) is 0 Å². The number of hydrogen-bond donors (Lipinski definition) is 1. The van der Waals surface area contributed by atoms with Crippen molar-refractivity contribution in [2.45, 2.75) is 12.8 Å². The van der Waals surface area contributed by atoms with Crippen molar-refractivity contribution in [2.75, 3.05) is 13.7 Å². The fraction of sp³-hybridized carbons (Fsp3) is 0.714. The molecule has 0 aromatic carbocycles. The summed E-state index contributed by atoms with van der Waals surface area (Å²) in [5.41, 5.74) is 0. The van der Waals surface area contributed by atoms with E-state index in [4.69, 9.17) is 0 Å². The molecule has 0 radical (unpaired) electrons. The van der Waals surface area contributed by atoms with Gasteiger partial charge in [-0.25, -0.2) is 0 Å². The van der Waals surface area contributed by atoms with E-state index < -0.39 is 0 Å². The van der Waals surface area contributed by atoms with Gasteiger partial charge in [0.1, 0.15) is 0 Å². The second-order valence-electron chi connectivity index (χ2n) is 2.65. The standard InChI is InChI=1S/C7H11NO3/c1-11-7(10)3-5-2-6(9)8-4-5/h5H,2-4H2,1H3,(H,8,9)/t5-/m0/s1. The Morgan fingerprint density at radius 2 is 2.55 bits per heavy atom. The predicted molar refractivity (Wildman–Crippen MR) is 37.7 cm³/mol. The van der Waals surface area contributed by atoms with Gasteiger partial charge in [-0.3, -0.25) is 9.59 Å². The predicted octanol–water partition coefficient (Wildman–Crippen LogP) is -0.314. The fourth-order valence-electron chi connectivity index (χ4n) is 1.13. The second-order valence-corrected chi connectivity index (χ2v) is 2.65. The van der Waals surface area contributed by atoms with E-state index >= 15 is 0 Å². The molecule has 1 fully saturated rings. The first-order valence-electron chi connectivity index (χ1n) is 3.56. The Bertz CT molecular complexity index is 179. The Kier molecular flexibility index (Phi) is 2.46. The van der Waals surface area contributed by atoms with Gasteiger partial charge in [-0.1, -0.05) is 0 Å². The van der Waals surface area contributed by atoms with E-state index in [1.165, 1.54) is 7.11 Å². The first-order valence-corrected chi connectivity index (χ1v) is 3.56. The van der Waals surface area contributed by atoms with E-state index in [-0.39, 0.29) is 17.8 Å². The normalized spacial score (nSPS) is 23.0. The highest BCUT2D eigenvalue weighted by molar-refractivity contribution is 5.79. The first-order chi connectivity index (χ1) is 5.22. The number of esters is 1. The van der Waals surface area contributed by atoms with Crippen LogP contribution in [0, 0.1) is 5.92 Å². The van der Waals surface area contributed by atoms with Gasteiger partial charge in [-0.05, 0) is 5.92 Å². The van der Waals surface area contributed by atoms with Crippen molar-refractivity contribution < 1.29 is 14.3 Å². The van der Waals surface area contributed by atoms with Gasteiger partial charge in [0, 0.05) is 13.0 Å². The average Bonchev–Trinajstić information content (AvgIpc) is 2.35. The monoisotopic (exact) mass is 157 g/mol. The maximum Gasteiger partial charge on any atom is 0.305 e. The van der Waals surface area contributed by atoms with Crippen molar-refractivity contribution in [1.29, 1.82) is 0 Å². The van der Waals surface area contributed by atoms with E-state index in [1.807, 2.05) is 0 Å². The number of carbonyl (C=O) groups is 2. The Labute approximate surface area is 64.9 Å². The topological polar surface area (TPSA) is 55.4 Å². The Morgan fingerprint density at radius 1 is 1.82 bits per heavy atom. The van der Waals surface area contributed by atoms with Gasteiger partial charge in [0.05, 0.1) is 13.5 Å². The summed E-state index contributed by atoms with van der Waals surface area (Å²) in [5, 5.41) is 2.65. The number of nitrogens with one attached hydrogen (secondary N) is 1. The molecule has 0 saturated carbocycles. The molecule has 0 aromatic rings. The van der Waals surface area contributed by atoms with Gasteiger partial charge in [0.25, 0.3) is 0 Å². The highest BCUT2D eigenvalue weighted by atomic mass is 16.5. The fourth-order valence-corrected chi connectivity index (χ4v) is 1.13. The number of methoxy groups -OCH3 is 1. The summed E-state index contributed by atoms with van der Waals surface area (Å²) in [6.07, 6.45) is 0.796. The van der Waals surface area contributed by atoms with Gasteiger partial charge < -0.3 is 10.1 Å². The second kappa shape index (κ2) is 3.37. The van der Waals surface area contributed by atoms with Crippen molar-refractivity contribution in [1.82, 2.24) is 5.32 Å². The van der Waals surface area contributed by atoms with E-state index in [0.717, 1.165) is 0 Å². The zero-order chi connectivity index (χ0) is 8.27. The third-order valence-corrected chi connectivity index (χ3v) is 1.74. The van der Waals surface area contributed by atoms with Crippen molar-refractivity contribution in [2.24, 2.45) is 5.92 Å². The van der Waals surface area contributed by atoms with Gasteiger partial charge in [0.2, 0.25) is 5.91 Å². The number of carbonyl (C=O) groups excluding carboxylic acids is 2. The quantitative estimate of drug-likeness (QED) is 0.559. The number of rotatable bonds is 2. The zero-order valence-corrected chi connectivity index (χ0v) is 6.42. The lowest BCUT2D eigenvalue weighted by molar-refractivity contribution is -0.141. The molecule has 1 heterocycles. The van der Waals surface area contributed by atoms with E-state index in [1.54, 1.807) is 0 Å². The van der Waals surface area contributed by atoms with Crippen molar-refractivity contribution in [3.05, 3.63) is 0 Å². The molecule has 1 saturated heterocycles. The zero-order valence-electron chi connectivity index (χ0n) is 6.42. The average molecular weight is 157 g/mol. The summed E-state index contributed by atoms with van der Waals surface area (Å²) < 4.78 is 4.47. The molecule has 1 aliphatic heterocycles.